The van der Waals surface area contributed by atoms with Crippen LogP contribution in [0, 0.1) is 5.82 Å². The number of hydrogen-bond donors (Lipinski definition) is 4. The molecular formula is C17H19BrFNO8S. The Morgan fingerprint density at radius 2 is 1.90 bits per heavy atom. The minimum atomic E-state index is -4.21. The van der Waals surface area contributed by atoms with Crippen molar-refractivity contribution in [3.8, 4) is 0 Å². The van der Waals surface area contributed by atoms with Crippen molar-refractivity contribution >= 4 is 37.6 Å². The zero-order valence-corrected chi connectivity index (χ0v) is 17.3. The molecule has 0 radical (unpaired) electrons. The molecule has 1 aliphatic carbocycles. The molecule has 1 spiro atoms. The van der Waals surface area contributed by atoms with Crippen molar-refractivity contribution in [3.63, 3.8) is 0 Å². The number of benzene rings is 1. The fourth-order valence-electron chi connectivity index (χ4n) is 3.40. The number of nitrogens with one attached hydrogen (secondary N) is 1. The molecule has 1 heterocycles. The van der Waals surface area contributed by atoms with Gasteiger partial charge in [-0.2, -0.15) is 0 Å². The summed E-state index contributed by atoms with van der Waals surface area (Å²) in [7, 11) is -4.21. The van der Waals surface area contributed by atoms with Gasteiger partial charge in [-0.25, -0.2) is 17.6 Å². The highest BCUT2D eigenvalue weighted by Crippen LogP contribution is 2.41. The fraction of sp³-hybridized carbons (Fsp3) is 0.471. The second-order valence-electron chi connectivity index (χ2n) is 6.69. The SMILES string of the molecule is O=C(O)C1=CC2(CCC1S(=O)(=O)Nc1ccc(F)cc1Br)O[C@H](CO)[C@@H](CO)O2. The van der Waals surface area contributed by atoms with E-state index < -0.39 is 63.8 Å². The van der Waals surface area contributed by atoms with Crippen LogP contribution in [-0.2, 0) is 24.3 Å². The molecule has 12 heteroatoms. The van der Waals surface area contributed by atoms with Crippen LogP contribution in [0.25, 0.3) is 0 Å². The van der Waals surface area contributed by atoms with Crippen molar-refractivity contribution in [2.24, 2.45) is 0 Å². The van der Waals surface area contributed by atoms with Gasteiger partial charge in [0.15, 0.2) is 5.79 Å². The third-order valence-electron chi connectivity index (χ3n) is 4.76. The van der Waals surface area contributed by atoms with Crippen LogP contribution in [0.2, 0.25) is 0 Å². The van der Waals surface area contributed by atoms with Crippen LogP contribution in [0.5, 0.6) is 0 Å². The van der Waals surface area contributed by atoms with E-state index >= 15 is 0 Å². The molecule has 1 aliphatic heterocycles. The molecule has 1 aromatic rings. The molecule has 1 aromatic carbocycles. The van der Waals surface area contributed by atoms with E-state index in [4.69, 9.17) is 9.47 Å². The van der Waals surface area contributed by atoms with Gasteiger partial charge in [0.05, 0.1) is 24.5 Å². The third-order valence-corrected chi connectivity index (χ3v) is 7.16. The van der Waals surface area contributed by atoms with Gasteiger partial charge < -0.3 is 24.8 Å². The molecule has 0 bridgehead atoms. The number of hydrogen-bond acceptors (Lipinski definition) is 7. The molecule has 29 heavy (non-hydrogen) atoms. The van der Waals surface area contributed by atoms with E-state index in [2.05, 4.69) is 20.7 Å². The first-order valence-corrected chi connectivity index (χ1v) is 10.9. The number of anilines is 1. The summed E-state index contributed by atoms with van der Waals surface area (Å²) in [6, 6.07) is 3.36. The average Bonchev–Trinajstić information content (AvgIpc) is 3.01. The van der Waals surface area contributed by atoms with Crippen molar-refractivity contribution in [2.45, 2.75) is 36.1 Å². The molecule has 0 saturated carbocycles. The summed E-state index contributed by atoms with van der Waals surface area (Å²) in [5.74, 6) is -3.59. The Balaban J connectivity index is 1.91. The van der Waals surface area contributed by atoms with Crippen LogP contribution in [0.4, 0.5) is 10.1 Å². The third kappa shape index (κ3) is 4.47. The van der Waals surface area contributed by atoms with E-state index in [1.807, 2.05) is 0 Å². The minimum absolute atomic E-state index is 0.00700. The van der Waals surface area contributed by atoms with E-state index in [9.17, 15) is 32.9 Å². The van der Waals surface area contributed by atoms with Crippen LogP contribution in [-0.4, -0.2) is 66.2 Å². The molecular weight excluding hydrogens is 477 g/mol. The summed E-state index contributed by atoms with van der Waals surface area (Å²) in [6.07, 6.45) is -0.823. The van der Waals surface area contributed by atoms with Crippen molar-refractivity contribution in [1.29, 1.82) is 0 Å². The smallest absolute Gasteiger partial charge is 0.332 e. The highest BCUT2D eigenvalue weighted by molar-refractivity contribution is 9.10. The second kappa shape index (κ2) is 8.28. The molecule has 3 rings (SSSR count). The Bertz CT molecular complexity index is 925. The summed E-state index contributed by atoms with van der Waals surface area (Å²) in [4.78, 5) is 11.8. The van der Waals surface area contributed by atoms with E-state index in [0.717, 1.165) is 18.2 Å². The van der Waals surface area contributed by atoms with Gasteiger partial charge >= 0.3 is 5.97 Å². The maximum atomic E-state index is 13.2. The van der Waals surface area contributed by atoms with Gasteiger partial charge in [-0.1, -0.05) is 0 Å². The zero-order valence-electron chi connectivity index (χ0n) is 14.9. The van der Waals surface area contributed by atoms with E-state index in [1.54, 1.807) is 0 Å². The lowest BCUT2D eigenvalue weighted by Crippen LogP contribution is -2.42. The van der Waals surface area contributed by atoms with E-state index in [1.165, 1.54) is 6.07 Å². The molecule has 9 nitrogen and oxygen atoms in total. The van der Waals surface area contributed by atoms with Crippen LogP contribution >= 0.6 is 15.9 Å². The maximum absolute atomic E-state index is 13.2. The molecule has 0 amide bonds. The molecule has 1 unspecified atom stereocenters. The summed E-state index contributed by atoms with van der Waals surface area (Å²) in [6.45, 7) is -0.907. The van der Waals surface area contributed by atoms with Gasteiger partial charge in [-0.15, -0.1) is 0 Å². The largest absolute Gasteiger partial charge is 0.478 e. The first-order chi connectivity index (χ1) is 13.6. The molecule has 4 N–H and O–H groups in total. The predicted octanol–water partition coefficient (Wildman–Crippen LogP) is 0.968. The zero-order chi connectivity index (χ0) is 21.4. The normalized spacial score (nSPS) is 26.3. The number of aliphatic hydroxyl groups is 2. The van der Waals surface area contributed by atoms with Crippen molar-refractivity contribution < 1.29 is 42.4 Å². The monoisotopic (exact) mass is 495 g/mol. The van der Waals surface area contributed by atoms with Crippen molar-refractivity contribution in [2.75, 3.05) is 17.9 Å². The summed E-state index contributed by atoms with van der Waals surface area (Å²) < 4.78 is 52.6. The van der Waals surface area contributed by atoms with Crippen molar-refractivity contribution in [3.05, 3.63) is 40.1 Å². The van der Waals surface area contributed by atoms with Gasteiger partial charge in [0.1, 0.15) is 23.3 Å². The van der Waals surface area contributed by atoms with Gasteiger partial charge in [-0.05, 0) is 46.6 Å². The van der Waals surface area contributed by atoms with Crippen molar-refractivity contribution in [1.82, 2.24) is 0 Å². The Hall–Kier alpha value is -1.57. The Kier molecular flexibility index (Phi) is 6.32. The Labute approximate surface area is 174 Å². The average molecular weight is 496 g/mol. The van der Waals surface area contributed by atoms with E-state index in [-0.39, 0.29) is 23.0 Å². The molecule has 1 saturated heterocycles. The fourth-order valence-corrected chi connectivity index (χ4v) is 5.54. The predicted molar refractivity (Wildman–Crippen MR) is 102 cm³/mol. The summed E-state index contributed by atoms with van der Waals surface area (Å²) in [5, 5.41) is 26.9. The molecule has 2 aliphatic rings. The van der Waals surface area contributed by atoms with Gasteiger partial charge in [-0.3, -0.25) is 4.72 Å². The van der Waals surface area contributed by atoms with Gasteiger partial charge in [0.25, 0.3) is 0 Å². The summed E-state index contributed by atoms with van der Waals surface area (Å²) in [5.41, 5.74) is -0.400. The first kappa shape index (κ1) is 22.1. The molecule has 1 fully saturated rings. The van der Waals surface area contributed by atoms with Gasteiger partial charge in [0.2, 0.25) is 10.0 Å². The number of halogens is 2. The maximum Gasteiger partial charge on any atom is 0.332 e. The number of aliphatic hydroxyl groups excluding tert-OH is 2. The quantitative estimate of drug-likeness (QED) is 0.457. The number of carboxylic acids is 1. The van der Waals surface area contributed by atoms with E-state index in [0.29, 0.717) is 0 Å². The molecule has 3 atom stereocenters. The minimum Gasteiger partial charge on any atom is -0.478 e. The number of carboxylic acid groups (broad SMARTS) is 1. The van der Waals surface area contributed by atoms with Crippen LogP contribution in [0.3, 0.4) is 0 Å². The number of ether oxygens (including phenoxy) is 2. The number of sulfonamides is 1. The lowest BCUT2D eigenvalue weighted by molar-refractivity contribution is -0.153. The topological polar surface area (TPSA) is 142 Å². The standard InChI is InChI=1S/C17H19BrFNO8S/c18-11-5-9(19)1-2-12(11)20-29(25,26)15-3-4-17(6-10(15)16(23)24)27-13(7-21)14(8-22)28-17/h1-2,5-6,13-15,20-22H,3-4,7-8H2,(H,23,24)/t13-,14-,15?/m1/s1. The summed E-state index contributed by atoms with van der Waals surface area (Å²) >= 11 is 3.06. The highest BCUT2D eigenvalue weighted by atomic mass is 79.9. The Morgan fingerprint density at radius 3 is 2.41 bits per heavy atom. The van der Waals surface area contributed by atoms with Crippen LogP contribution in [0.1, 0.15) is 12.8 Å². The first-order valence-electron chi connectivity index (χ1n) is 8.61. The van der Waals surface area contributed by atoms with Crippen LogP contribution < -0.4 is 4.72 Å². The number of carbonyl (C=O) groups is 1. The lowest BCUT2D eigenvalue weighted by Gasteiger charge is -2.33. The number of aliphatic carboxylic acids is 1. The Morgan fingerprint density at radius 1 is 1.28 bits per heavy atom. The lowest BCUT2D eigenvalue weighted by atomic mass is 9.94. The second-order valence-corrected chi connectivity index (χ2v) is 9.41. The molecule has 160 valence electrons. The molecule has 0 aromatic heterocycles. The highest BCUT2D eigenvalue weighted by Gasteiger charge is 2.51. The number of rotatable bonds is 6. The van der Waals surface area contributed by atoms with Gasteiger partial charge in [0, 0.05) is 10.9 Å². The van der Waals surface area contributed by atoms with Crippen LogP contribution in [0.15, 0.2) is 34.3 Å².